The van der Waals surface area contributed by atoms with Crippen molar-refractivity contribution in [2.75, 3.05) is 20.1 Å². The van der Waals surface area contributed by atoms with Crippen LogP contribution in [-0.2, 0) is 16.1 Å². The molecule has 2 aromatic rings. The molecule has 3 rings (SSSR count). The van der Waals surface area contributed by atoms with Crippen molar-refractivity contribution in [1.29, 1.82) is 0 Å². The second kappa shape index (κ2) is 7.09. The number of amides is 2. The minimum Gasteiger partial charge on any atom is -0.361 e. The highest BCUT2D eigenvalue weighted by atomic mass is 16.5. The number of hydrogen-bond donors (Lipinski definition) is 0. The van der Waals surface area contributed by atoms with Gasteiger partial charge in [-0.05, 0) is 19.4 Å². The van der Waals surface area contributed by atoms with Crippen molar-refractivity contribution >= 4 is 11.8 Å². The van der Waals surface area contributed by atoms with Crippen molar-refractivity contribution < 1.29 is 14.1 Å². The standard InChI is InChI=1S/C19H23N3O3/c1-13-17(14(2)25-20-13)11-21(3)19(24)12-22-10-16(9-18(22)23)15-7-5-4-6-8-15/h4-8,16H,9-12H2,1-3H3/t16-/m1/s1. The number of carbonyl (C=O) groups is 2. The molecule has 1 aliphatic rings. The van der Waals surface area contributed by atoms with E-state index in [0.717, 1.165) is 22.6 Å². The average molecular weight is 341 g/mol. The Balaban J connectivity index is 1.60. The predicted molar refractivity (Wildman–Crippen MR) is 92.8 cm³/mol. The third kappa shape index (κ3) is 3.73. The Kier molecular flexibility index (Phi) is 4.88. The van der Waals surface area contributed by atoms with Crippen LogP contribution in [-0.4, -0.2) is 46.9 Å². The number of aromatic nitrogens is 1. The summed E-state index contributed by atoms with van der Waals surface area (Å²) in [5.74, 6) is 0.836. The van der Waals surface area contributed by atoms with E-state index in [-0.39, 0.29) is 24.3 Å². The third-order valence-electron chi connectivity index (χ3n) is 4.81. The van der Waals surface area contributed by atoms with Gasteiger partial charge < -0.3 is 14.3 Å². The van der Waals surface area contributed by atoms with Crippen molar-refractivity contribution in [2.45, 2.75) is 32.7 Å². The maximum Gasteiger partial charge on any atom is 0.242 e. The number of aryl methyl sites for hydroxylation is 2. The topological polar surface area (TPSA) is 66.7 Å². The van der Waals surface area contributed by atoms with Gasteiger partial charge in [-0.1, -0.05) is 35.5 Å². The summed E-state index contributed by atoms with van der Waals surface area (Å²) in [4.78, 5) is 28.1. The molecule has 1 saturated heterocycles. The monoisotopic (exact) mass is 341 g/mol. The molecular weight excluding hydrogens is 318 g/mol. The molecule has 6 nitrogen and oxygen atoms in total. The highest BCUT2D eigenvalue weighted by Crippen LogP contribution is 2.27. The molecule has 1 aromatic heterocycles. The van der Waals surface area contributed by atoms with Crippen LogP contribution in [0.15, 0.2) is 34.9 Å². The molecule has 132 valence electrons. The van der Waals surface area contributed by atoms with Crippen LogP contribution in [0.4, 0.5) is 0 Å². The van der Waals surface area contributed by atoms with Crippen LogP contribution in [0, 0.1) is 13.8 Å². The highest BCUT2D eigenvalue weighted by Gasteiger charge is 2.32. The van der Waals surface area contributed by atoms with Crippen molar-refractivity contribution in [3.63, 3.8) is 0 Å². The van der Waals surface area contributed by atoms with E-state index in [1.807, 2.05) is 44.2 Å². The molecule has 0 spiro atoms. The molecule has 1 fully saturated rings. The Morgan fingerprint density at radius 3 is 2.68 bits per heavy atom. The van der Waals surface area contributed by atoms with E-state index in [1.165, 1.54) is 0 Å². The quantitative estimate of drug-likeness (QED) is 0.837. The van der Waals surface area contributed by atoms with Gasteiger partial charge in [-0.3, -0.25) is 9.59 Å². The van der Waals surface area contributed by atoms with E-state index < -0.39 is 0 Å². The number of likely N-dealkylation sites (N-methyl/N-ethyl adjacent to an activating group) is 1. The summed E-state index contributed by atoms with van der Waals surface area (Å²) < 4.78 is 5.14. The number of benzene rings is 1. The van der Waals surface area contributed by atoms with Crippen molar-refractivity contribution in [2.24, 2.45) is 0 Å². The van der Waals surface area contributed by atoms with Gasteiger partial charge in [0.25, 0.3) is 0 Å². The Morgan fingerprint density at radius 1 is 1.32 bits per heavy atom. The van der Waals surface area contributed by atoms with Crippen LogP contribution >= 0.6 is 0 Å². The lowest BCUT2D eigenvalue weighted by molar-refractivity contribution is -0.137. The fourth-order valence-corrected chi connectivity index (χ4v) is 3.21. The number of carbonyl (C=O) groups excluding carboxylic acids is 2. The van der Waals surface area contributed by atoms with Gasteiger partial charge in [0.05, 0.1) is 18.8 Å². The normalized spacial score (nSPS) is 17.2. The third-order valence-corrected chi connectivity index (χ3v) is 4.81. The molecule has 2 heterocycles. The van der Waals surface area contributed by atoms with Crippen molar-refractivity contribution in [1.82, 2.24) is 15.0 Å². The summed E-state index contributed by atoms with van der Waals surface area (Å²) in [5.41, 5.74) is 2.86. The second-order valence-electron chi connectivity index (χ2n) is 6.64. The molecule has 25 heavy (non-hydrogen) atoms. The molecule has 0 aliphatic carbocycles. The maximum atomic E-state index is 12.5. The first-order valence-electron chi connectivity index (χ1n) is 8.44. The highest BCUT2D eigenvalue weighted by molar-refractivity contribution is 5.86. The van der Waals surface area contributed by atoms with Crippen LogP contribution in [0.1, 0.15) is 34.9 Å². The molecule has 0 N–H and O–H groups in total. The van der Waals surface area contributed by atoms with Crippen molar-refractivity contribution in [3.8, 4) is 0 Å². The second-order valence-corrected chi connectivity index (χ2v) is 6.64. The predicted octanol–water partition coefficient (Wildman–Crippen LogP) is 2.27. The van der Waals surface area contributed by atoms with E-state index in [2.05, 4.69) is 5.16 Å². The molecule has 0 saturated carbocycles. The van der Waals surface area contributed by atoms with Crippen LogP contribution in [0.5, 0.6) is 0 Å². The van der Waals surface area contributed by atoms with Crippen LogP contribution < -0.4 is 0 Å². The van der Waals surface area contributed by atoms with Gasteiger partial charge in [-0.15, -0.1) is 0 Å². The molecule has 0 unspecified atom stereocenters. The van der Waals surface area contributed by atoms with E-state index in [0.29, 0.717) is 19.5 Å². The van der Waals surface area contributed by atoms with Crippen LogP contribution in [0.25, 0.3) is 0 Å². The fraction of sp³-hybridized carbons (Fsp3) is 0.421. The molecule has 0 bridgehead atoms. The molecule has 1 aliphatic heterocycles. The summed E-state index contributed by atoms with van der Waals surface area (Å²) in [6.07, 6.45) is 0.463. The van der Waals surface area contributed by atoms with Gasteiger partial charge in [0, 0.05) is 31.5 Å². The number of nitrogens with zero attached hydrogens (tertiary/aromatic N) is 3. The molecule has 6 heteroatoms. The van der Waals surface area contributed by atoms with Crippen molar-refractivity contribution in [3.05, 3.63) is 52.9 Å². The van der Waals surface area contributed by atoms with Gasteiger partial charge in [0.15, 0.2) is 0 Å². The first kappa shape index (κ1) is 17.2. The zero-order chi connectivity index (χ0) is 18.0. The molecule has 0 radical (unpaired) electrons. The molecule has 1 atom stereocenters. The average Bonchev–Trinajstić information content (AvgIpc) is 3.12. The molecular formula is C19H23N3O3. The van der Waals surface area contributed by atoms with Gasteiger partial charge in [-0.25, -0.2) is 0 Å². The zero-order valence-electron chi connectivity index (χ0n) is 14.9. The summed E-state index contributed by atoms with van der Waals surface area (Å²) in [7, 11) is 1.74. The Labute approximate surface area is 147 Å². The van der Waals surface area contributed by atoms with Gasteiger partial charge >= 0.3 is 0 Å². The van der Waals surface area contributed by atoms with Gasteiger partial charge in [0.2, 0.25) is 11.8 Å². The lowest BCUT2D eigenvalue weighted by atomic mass is 9.99. The molecule has 1 aromatic carbocycles. The van der Waals surface area contributed by atoms with Gasteiger partial charge in [0.1, 0.15) is 5.76 Å². The van der Waals surface area contributed by atoms with Gasteiger partial charge in [-0.2, -0.15) is 0 Å². The summed E-state index contributed by atoms with van der Waals surface area (Å²) >= 11 is 0. The van der Waals surface area contributed by atoms with E-state index in [1.54, 1.807) is 16.8 Å². The minimum absolute atomic E-state index is 0.0351. The smallest absolute Gasteiger partial charge is 0.242 e. The van der Waals surface area contributed by atoms with E-state index in [4.69, 9.17) is 4.52 Å². The summed E-state index contributed by atoms with van der Waals surface area (Å²) in [5, 5.41) is 3.91. The van der Waals surface area contributed by atoms with E-state index in [9.17, 15) is 9.59 Å². The fourth-order valence-electron chi connectivity index (χ4n) is 3.21. The lowest BCUT2D eigenvalue weighted by Crippen LogP contribution is -2.39. The first-order chi connectivity index (χ1) is 12.0. The number of hydrogen-bond acceptors (Lipinski definition) is 4. The minimum atomic E-state index is -0.0814. The largest absolute Gasteiger partial charge is 0.361 e. The Bertz CT molecular complexity index is 750. The van der Waals surface area contributed by atoms with Crippen LogP contribution in [0.3, 0.4) is 0 Å². The summed E-state index contributed by atoms with van der Waals surface area (Å²) in [6, 6.07) is 9.99. The first-order valence-corrected chi connectivity index (χ1v) is 8.44. The Morgan fingerprint density at radius 2 is 2.04 bits per heavy atom. The van der Waals surface area contributed by atoms with E-state index >= 15 is 0 Å². The Hall–Kier alpha value is -2.63. The SMILES string of the molecule is Cc1noc(C)c1CN(C)C(=O)CN1C[C@H](c2ccccc2)CC1=O. The summed E-state index contributed by atoms with van der Waals surface area (Å²) in [6.45, 7) is 4.83. The maximum absolute atomic E-state index is 12.5. The number of likely N-dealkylation sites (tertiary alicyclic amines) is 1. The zero-order valence-corrected chi connectivity index (χ0v) is 14.9. The number of rotatable bonds is 5. The van der Waals surface area contributed by atoms with Crippen LogP contribution in [0.2, 0.25) is 0 Å². The lowest BCUT2D eigenvalue weighted by Gasteiger charge is -2.22. The molecule has 2 amide bonds.